The molecular weight excluding hydrogens is 341 g/mol. The molecular formula is C15H31Cl2NSiTi-2. The summed E-state index contributed by atoms with van der Waals surface area (Å²) in [7, 11) is 10.2. The number of hydrogen-bond donors (Lipinski definition) is 0. The van der Waals surface area contributed by atoms with Crippen LogP contribution in [0.25, 0.3) is 5.73 Å². The predicted octanol–water partition coefficient (Wildman–Crippen LogP) is 6.19. The number of allylic oxidation sites excluding steroid dienone is 4. The number of hydrogen-bond acceptors (Lipinski definition) is 0. The van der Waals surface area contributed by atoms with Gasteiger partial charge >= 0.3 is 35.6 Å². The molecule has 0 aromatic heterocycles. The van der Waals surface area contributed by atoms with E-state index >= 15 is 0 Å². The van der Waals surface area contributed by atoms with Crippen molar-refractivity contribution in [3.05, 3.63) is 28.5 Å². The molecule has 0 saturated carbocycles. The molecule has 1 aliphatic carbocycles. The standard InChI is InChI=1S/C9H13.C4H10N.C2H8Si.2ClH.Ti/c1-6-5-7(2)9(4)8(6)3;1-4(2,3)5;1-3-2;;;/h6H,1-4H3;5H,1-3H3;3H2,1-2H3;2*1H;/q2*-1;;;;+2/p-2. The van der Waals surface area contributed by atoms with Crippen LogP contribution in [0.5, 0.6) is 0 Å². The molecule has 0 amide bonds. The molecule has 1 aliphatic rings. The van der Waals surface area contributed by atoms with Gasteiger partial charge in [0.25, 0.3) is 0 Å². The molecule has 0 aromatic rings. The second-order valence-corrected chi connectivity index (χ2v) is 9.82. The first-order valence-corrected chi connectivity index (χ1v) is 14.1. The summed E-state index contributed by atoms with van der Waals surface area (Å²) in [5.41, 5.74) is 10.9. The summed E-state index contributed by atoms with van der Waals surface area (Å²) in [6.07, 6.45) is 3.36. The SMILES string of the molecule is CC(C)(C)[NH-].CC1=[C-]C(C)C(C)=C1C.C[SiH2]C.[Cl][Ti][Cl]. The van der Waals surface area contributed by atoms with Gasteiger partial charge in [0.2, 0.25) is 0 Å². The Labute approximate surface area is 146 Å². The first kappa shape index (κ1) is 25.9. The van der Waals surface area contributed by atoms with Gasteiger partial charge in [-0.2, -0.15) is 11.1 Å². The van der Waals surface area contributed by atoms with E-state index in [-0.39, 0.29) is 5.54 Å². The molecule has 0 spiro atoms. The second-order valence-electron chi connectivity index (χ2n) is 5.83. The summed E-state index contributed by atoms with van der Waals surface area (Å²) < 4.78 is 0. The Bertz CT molecular complexity index is 289. The van der Waals surface area contributed by atoms with E-state index in [2.05, 4.69) is 46.9 Å². The van der Waals surface area contributed by atoms with Gasteiger partial charge < -0.3 is 5.73 Å². The van der Waals surface area contributed by atoms with Crippen LogP contribution in [0.4, 0.5) is 0 Å². The van der Waals surface area contributed by atoms with Gasteiger partial charge in [0.1, 0.15) is 0 Å². The average molecular weight is 372 g/mol. The van der Waals surface area contributed by atoms with Crippen LogP contribution >= 0.6 is 18.6 Å². The van der Waals surface area contributed by atoms with E-state index in [1.807, 2.05) is 20.8 Å². The van der Waals surface area contributed by atoms with Gasteiger partial charge in [-0.05, 0) is 0 Å². The Morgan fingerprint density at radius 1 is 1.15 bits per heavy atom. The van der Waals surface area contributed by atoms with Crippen molar-refractivity contribution in [1.82, 2.24) is 0 Å². The molecule has 1 rings (SSSR count). The van der Waals surface area contributed by atoms with Crippen molar-refractivity contribution in [2.24, 2.45) is 5.92 Å². The van der Waals surface area contributed by atoms with E-state index in [0.717, 1.165) is 0 Å². The van der Waals surface area contributed by atoms with Gasteiger partial charge in [0, 0.05) is 9.52 Å². The van der Waals surface area contributed by atoms with Crippen molar-refractivity contribution in [1.29, 1.82) is 0 Å². The van der Waals surface area contributed by atoms with Crippen LogP contribution in [0.1, 0.15) is 48.5 Å². The van der Waals surface area contributed by atoms with Gasteiger partial charge in [-0.15, -0.1) is 12.5 Å². The molecule has 0 aliphatic heterocycles. The predicted molar refractivity (Wildman–Crippen MR) is 96.0 cm³/mol. The number of rotatable bonds is 0. The molecule has 1 nitrogen and oxygen atoms in total. The van der Waals surface area contributed by atoms with Crippen molar-refractivity contribution in [3.8, 4) is 0 Å². The average Bonchev–Trinajstić information content (AvgIpc) is 2.46. The fraction of sp³-hybridized carbons (Fsp3) is 0.733. The minimum atomic E-state index is -0.556. The van der Waals surface area contributed by atoms with Crippen molar-refractivity contribution < 1.29 is 17.0 Å². The van der Waals surface area contributed by atoms with Crippen molar-refractivity contribution >= 4 is 28.1 Å². The fourth-order valence-corrected chi connectivity index (χ4v) is 1.16. The van der Waals surface area contributed by atoms with Gasteiger partial charge in [0.15, 0.2) is 0 Å². The summed E-state index contributed by atoms with van der Waals surface area (Å²) >= 11 is -0.556. The van der Waals surface area contributed by atoms with Crippen molar-refractivity contribution in [2.75, 3.05) is 0 Å². The maximum atomic E-state index is 6.94. The van der Waals surface area contributed by atoms with E-state index < -0.39 is 17.0 Å². The first-order valence-electron chi connectivity index (χ1n) is 6.95. The Hall–Kier alpha value is 0.951. The van der Waals surface area contributed by atoms with Crippen LogP contribution in [0, 0.1) is 12.0 Å². The summed E-state index contributed by atoms with van der Waals surface area (Å²) in [5.74, 6) is 0.560. The Kier molecular flexibility index (Phi) is 19.2. The third-order valence-corrected chi connectivity index (χ3v) is 2.24. The van der Waals surface area contributed by atoms with Crippen LogP contribution < -0.4 is 0 Å². The molecule has 0 heterocycles. The Morgan fingerprint density at radius 3 is 1.45 bits per heavy atom. The molecule has 20 heavy (non-hydrogen) atoms. The zero-order chi connectivity index (χ0) is 16.9. The Morgan fingerprint density at radius 2 is 1.40 bits per heavy atom. The first-order chi connectivity index (χ1) is 8.95. The molecule has 120 valence electrons. The Balaban J connectivity index is -0.000000224. The molecule has 1 N–H and O–H groups in total. The molecule has 0 radical (unpaired) electrons. The second kappa shape index (κ2) is 14.9. The van der Waals surface area contributed by atoms with E-state index in [9.17, 15) is 0 Å². The van der Waals surface area contributed by atoms with Gasteiger partial charge in [-0.1, -0.05) is 60.6 Å². The van der Waals surface area contributed by atoms with Crippen molar-refractivity contribution in [3.63, 3.8) is 0 Å². The maximum absolute atomic E-state index is 6.94. The molecule has 1 unspecified atom stereocenters. The summed E-state index contributed by atoms with van der Waals surface area (Å²) in [4.78, 5) is 0. The fourth-order valence-electron chi connectivity index (χ4n) is 1.16. The van der Waals surface area contributed by atoms with Gasteiger partial charge in [-0.3, -0.25) is 6.08 Å². The number of halogens is 2. The van der Waals surface area contributed by atoms with E-state index in [1.165, 1.54) is 16.7 Å². The van der Waals surface area contributed by atoms with Crippen LogP contribution in [-0.4, -0.2) is 15.1 Å². The zero-order valence-corrected chi connectivity index (χ0v) is 19.0. The molecule has 0 bridgehead atoms. The normalized spacial score (nSPS) is 16.8. The monoisotopic (exact) mass is 371 g/mol. The van der Waals surface area contributed by atoms with Crippen LogP contribution in [0.15, 0.2) is 16.7 Å². The minimum absolute atomic E-state index is 0.250. The molecule has 0 aromatic carbocycles. The van der Waals surface area contributed by atoms with E-state index in [1.54, 1.807) is 0 Å². The van der Waals surface area contributed by atoms with Crippen LogP contribution in [0.3, 0.4) is 0 Å². The third kappa shape index (κ3) is 21.3. The summed E-state index contributed by atoms with van der Waals surface area (Å²) in [6.45, 7) is 18.8. The van der Waals surface area contributed by atoms with Crippen molar-refractivity contribution in [2.45, 2.75) is 67.1 Å². The molecule has 0 fully saturated rings. The topological polar surface area (TPSA) is 23.8 Å². The van der Waals surface area contributed by atoms with Gasteiger partial charge in [0.05, 0.1) is 0 Å². The van der Waals surface area contributed by atoms with Crippen LogP contribution in [-0.2, 0) is 17.0 Å². The molecule has 0 saturated heterocycles. The van der Waals surface area contributed by atoms with E-state index in [4.69, 9.17) is 24.3 Å². The van der Waals surface area contributed by atoms with E-state index in [0.29, 0.717) is 15.4 Å². The number of nitrogens with one attached hydrogen (secondary N) is 1. The quantitative estimate of drug-likeness (QED) is 0.358. The van der Waals surface area contributed by atoms with Gasteiger partial charge in [-0.25, -0.2) is 5.57 Å². The summed E-state index contributed by atoms with van der Waals surface area (Å²) in [6, 6.07) is 0. The zero-order valence-electron chi connectivity index (χ0n) is 14.5. The molecule has 1 atom stereocenters. The van der Waals surface area contributed by atoms with Crippen LogP contribution in [0.2, 0.25) is 13.1 Å². The third-order valence-electron chi connectivity index (χ3n) is 2.24. The molecule has 5 heteroatoms. The summed E-state index contributed by atoms with van der Waals surface area (Å²) in [5, 5.41) is 0.